The van der Waals surface area contributed by atoms with E-state index >= 15 is 0 Å². The lowest BCUT2D eigenvalue weighted by Gasteiger charge is -2.43. The molecule has 0 spiro atoms. The van der Waals surface area contributed by atoms with Gasteiger partial charge in [0.05, 0.1) is 4.34 Å². The van der Waals surface area contributed by atoms with E-state index in [1.807, 2.05) is 17.3 Å². The Morgan fingerprint density at radius 3 is 2.65 bits per heavy atom. The molecule has 0 N–H and O–H groups in total. The standard InChI is InChI=1S/C17H24Cl2N2OS/c1-20(17(22)16(19)12-10-15(18)23-11-12)13-6-2-3-7-14(13)21-8-4-5-9-21/h10-11,13-14,16H,2-9H2,1H3. The Hall–Kier alpha value is -0.290. The molecule has 1 amide bonds. The molecule has 0 radical (unpaired) electrons. The third-order valence-corrected chi connectivity index (χ3v) is 6.79. The lowest BCUT2D eigenvalue weighted by molar-refractivity contribution is -0.133. The van der Waals surface area contributed by atoms with Gasteiger partial charge in [-0.15, -0.1) is 22.9 Å². The van der Waals surface area contributed by atoms with Crippen LogP contribution in [0.3, 0.4) is 0 Å². The van der Waals surface area contributed by atoms with Crippen molar-refractivity contribution in [1.82, 2.24) is 9.80 Å². The number of likely N-dealkylation sites (N-methyl/N-ethyl adjacent to an activating group) is 1. The van der Waals surface area contributed by atoms with Gasteiger partial charge in [0, 0.05) is 19.1 Å². The minimum absolute atomic E-state index is 0.00256. The molecule has 2 aliphatic rings. The Morgan fingerprint density at radius 1 is 1.30 bits per heavy atom. The molecule has 2 heterocycles. The highest BCUT2D eigenvalue weighted by Crippen LogP contribution is 2.33. The third-order valence-electron chi connectivity index (χ3n) is 5.25. The smallest absolute Gasteiger partial charge is 0.245 e. The maximum Gasteiger partial charge on any atom is 0.245 e. The fraction of sp³-hybridized carbons (Fsp3) is 0.706. The van der Waals surface area contributed by atoms with E-state index in [-0.39, 0.29) is 11.9 Å². The maximum absolute atomic E-state index is 12.8. The molecule has 3 unspecified atom stereocenters. The summed E-state index contributed by atoms with van der Waals surface area (Å²) in [6, 6.07) is 2.58. The second kappa shape index (κ2) is 7.73. The fourth-order valence-electron chi connectivity index (χ4n) is 3.98. The van der Waals surface area contributed by atoms with Crippen LogP contribution in [0, 0.1) is 0 Å². The van der Waals surface area contributed by atoms with Gasteiger partial charge in [-0.3, -0.25) is 9.69 Å². The largest absolute Gasteiger partial charge is 0.340 e. The van der Waals surface area contributed by atoms with Crippen LogP contribution in [-0.4, -0.2) is 47.9 Å². The molecule has 23 heavy (non-hydrogen) atoms. The summed E-state index contributed by atoms with van der Waals surface area (Å²) in [7, 11) is 1.92. The summed E-state index contributed by atoms with van der Waals surface area (Å²) < 4.78 is 0.675. The van der Waals surface area contributed by atoms with E-state index in [2.05, 4.69) is 4.90 Å². The van der Waals surface area contributed by atoms with Crippen LogP contribution in [0.2, 0.25) is 4.34 Å². The van der Waals surface area contributed by atoms with E-state index in [1.165, 1.54) is 56.5 Å². The van der Waals surface area contributed by atoms with Crippen LogP contribution in [-0.2, 0) is 4.79 Å². The van der Waals surface area contributed by atoms with Gasteiger partial charge >= 0.3 is 0 Å². The average molecular weight is 375 g/mol. The SMILES string of the molecule is CN(C(=O)C(Cl)c1csc(Cl)c1)C1CCCCC1N1CCCC1. The van der Waals surface area contributed by atoms with Crippen molar-refractivity contribution in [2.24, 2.45) is 0 Å². The van der Waals surface area contributed by atoms with E-state index in [9.17, 15) is 4.79 Å². The topological polar surface area (TPSA) is 23.6 Å². The van der Waals surface area contributed by atoms with Crippen molar-refractivity contribution in [3.63, 3.8) is 0 Å². The summed E-state index contributed by atoms with van der Waals surface area (Å²) >= 11 is 13.8. The summed E-state index contributed by atoms with van der Waals surface area (Å²) in [5, 5.41) is 1.25. The van der Waals surface area contributed by atoms with Gasteiger partial charge in [0.1, 0.15) is 5.38 Å². The molecule has 6 heteroatoms. The number of thiophene rings is 1. The Bertz CT molecular complexity index is 544. The van der Waals surface area contributed by atoms with Gasteiger partial charge in [-0.2, -0.15) is 0 Å². The Morgan fingerprint density at radius 2 is 2.00 bits per heavy atom. The number of alkyl halides is 1. The van der Waals surface area contributed by atoms with Gasteiger partial charge in [-0.25, -0.2) is 0 Å². The number of carbonyl (C=O) groups is 1. The molecular formula is C17H24Cl2N2OS. The molecular weight excluding hydrogens is 351 g/mol. The normalized spacial score (nSPS) is 27.1. The molecule has 1 aliphatic heterocycles. The third kappa shape index (κ3) is 3.87. The van der Waals surface area contributed by atoms with Crippen LogP contribution >= 0.6 is 34.5 Å². The predicted octanol–water partition coefficient (Wildman–Crippen LogP) is 4.55. The molecule has 0 bridgehead atoms. The summed E-state index contributed by atoms with van der Waals surface area (Å²) in [5.74, 6) is -0.00256. The van der Waals surface area contributed by atoms with Crippen molar-refractivity contribution in [2.75, 3.05) is 20.1 Å². The zero-order valence-electron chi connectivity index (χ0n) is 13.5. The van der Waals surface area contributed by atoms with Crippen LogP contribution in [0.5, 0.6) is 0 Å². The number of carbonyl (C=O) groups excluding carboxylic acids is 1. The lowest BCUT2D eigenvalue weighted by atomic mass is 9.88. The predicted molar refractivity (Wildman–Crippen MR) is 97.5 cm³/mol. The Balaban J connectivity index is 1.71. The highest BCUT2D eigenvalue weighted by molar-refractivity contribution is 7.14. The van der Waals surface area contributed by atoms with Gasteiger partial charge < -0.3 is 4.90 Å². The average Bonchev–Trinajstić information content (AvgIpc) is 3.24. The van der Waals surface area contributed by atoms with Crippen LogP contribution in [0.4, 0.5) is 0 Å². The van der Waals surface area contributed by atoms with E-state index in [0.717, 1.165) is 12.0 Å². The summed E-state index contributed by atoms with van der Waals surface area (Å²) in [5.41, 5.74) is 0.812. The second-order valence-corrected chi connectivity index (χ2v) is 8.64. The number of nitrogens with zero attached hydrogens (tertiary/aromatic N) is 2. The summed E-state index contributed by atoms with van der Waals surface area (Å²) in [4.78, 5) is 17.3. The van der Waals surface area contributed by atoms with Crippen molar-refractivity contribution < 1.29 is 4.79 Å². The molecule has 1 aliphatic carbocycles. The minimum atomic E-state index is -0.634. The van der Waals surface area contributed by atoms with Crippen LogP contribution in [0.25, 0.3) is 0 Å². The molecule has 1 aromatic rings. The number of rotatable bonds is 4. The van der Waals surface area contributed by atoms with Crippen LogP contribution in [0.1, 0.15) is 49.5 Å². The zero-order valence-corrected chi connectivity index (χ0v) is 15.8. The summed E-state index contributed by atoms with van der Waals surface area (Å²) in [6.07, 6.45) is 7.31. The van der Waals surface area contributed by atoms with Crippen molar-refractivity contribution in [3.8, 4) is 0 Å². The van der Waals surface area contributed by atoms with Crippen molar-refractivity contribution in [2.45, 2.75) is 56.0 Å². The van der Waals surface area contributed by atoms with Gasteiger partial charge in [0.15, 0.2) is 0 Å². The number of likely N-dealkylation sites (tertiary alicyclic amines) is 1. The van der Waals surface area contributed by atoms with Gasteiger partial charge in [0.2, 0.25) is 5.91 Å². The molecule has 128 valence electrons. The van der Waals surface area contributed by atoms with Crippen molar-refractivity contribution in [1.29, 1.82) is 0 Å². The first-order valence-corrected chi connectivity index (χ1v) is 10.2. The lowest BCUT2D eigenvalue weighted by Crippen LogP contribution is -2.53. The summed E-state index contributed by atoms with van der Waals surface area (Å²) in [6.45, 7) is 2.35. The van der Waals surface area contributed by atoms with E-state index in [1.54, 1.807) is 6.07 Å². The van der Waals surface area contributed by atoms with Gasteiger partial charge in [-0.1, -0.05) is 24.4 Å². The Kier molecular flexibility index (Phi) is 5.89. The van der Waals surface area contributed by atoms with E-state index in [0.29, 0.717) is 10.4 Å². The number of amides is 1. The number of hydrogen-bond acceptors (Lipinski definition) is 3. The van der Waals surface area contributed by atoms with Gasteiger partial charge in [-0.05, 0) is 55.8 Å². The first-order chi connectivity index (χ1) is 11.1. The number of hydrogen-bond donors (Lipinski definition) is 0. The highest BCUT2D eigenvalue weighted by atomic mass is 35.5. The molecule has 1 saturated heterocycles. The van der Waals surface area contributed by atoms with E-state index < -0.39 is 5.38 Å². The monoisotopic (exact) mass is 374 g/mol. The highest BCUT2D eigenvalue weighted by Gasteiger charge is 2.37. The molecule has 3 rings (SSSR count). The molecule has 3 nitrogen and oxygen atoms in total. The fourth-order valence-corrected chi connectivity index (χ4v) is 5.25. The zero-order chi connectivity index (χ0) is 16.4. The molecule has 0 aromatic carbocycles. The number of halogens is 2. The Labute approximate surface area is 152 Å². The molecule has 1 saturated carbocycles. The quantitative estimate of drug-likeness (QED) is 0.721. The molecule has 2 fully saturated rings. The minimum Gasteiger partial charge on any atom is -0.340 e. The van der Waals surface area contributed by atoms with Crippen molar-refractivity contribution >= 4 is 40.4 Å². The van der Waals surface area contributed by atoms with Crippen LogP contribution in [0.15, 0.2) is 11.4 Å². The van der Waals surface area contributed by atoms with Crippen molar-refractivity contribution in [3.05, 3.63) is 21.3 Å². The maximum atomic E-state index is 12.8. The second-order valence-electron chi connectivity index (χ2n) is 6.66. The molecule has 3 atom stereocenters. The van der Waals surface area contributed by atoms with Gasteiger partial charge in [0.25, 0.3) is 0 Å². The van der Waals surface area contributed by atoms with Crippen LogP contribution < -0.4 is 0 Å². The molecule has 1 aromatic heterocycles. The van der Waals surface area contributed by atoms with E-state index in [4.69, 9.17) is 23.2 Å². The first kappa shape index (κ1) is 17.5. The first-order valence-electron chi connectivity index (χ1n) is 8.46.